The first-order valence-corrected chi connectivity index (χ1v) is 7.73. The van der Waals surface area contributed by atoms with Gasteiger partial charge in [0.25, 0.3) is 0 Å². The molecule has 1 aromatic heterocycles. The van der Waals surface area contributed by atoms with Crippen molar-refractivity contribution in [3.8, 4) is 11.8 Å². The van der Waals surface area contributed by atoms with E-state index in [1.54, 1.807) is 31.4 Å². The highest BCUT2D eigenvalue weighted by molar-refractivity contribution is 7.18. The molecule has 0 aliphatic heterocycles. The molecule has 1 N–H and O–H groups in total. The van der Waals surface area contributed by atoms with Crippen molar-refractivity contribution in [2.75, 3.05) is 12.4 Å². The summed E-state index contributed by atoms with van der Waals surface area (Å²) in [5.41, 5.74) is 1.37. The Morgan fingerprint density at radius 2 is 2.13 bits per heavy atom. The largest absolute Gasteiger partial charge is 0.497 e. The third-order valence-electron chi connectivity index (χ3n) is 3.29. The number of nitriles is 1. The quantitative estimate of drug-likeness (QED) is 0.796. The highest BCUT2D eigenvalue weighted by Crippen LogP contribution is 2.28. The highest BCUT2D eigenvalue weighted by atomic mass is 32.1. The molecule has 0 fully saturated rings. The first-order chi connectivity index (χ1) is 11.2. The molecular weight excluding hydrogens is 310 g/mol. The first kappa shape index (κ1) is 15.0. The van der Waals surface area contributed by atoms with Gasteiger partial charge in [-0.15, -0.1) is 11.3 Å². The summed E-state index contributed by atoms with van der Waals surface area (Å²) in [4.78, 5) is 16.8. The number of aromatic nitrogens is 1. The van der Waals surface area contributed by atoms with E-state index in [1.807, 2.05) is 30.3 Å². The van der Waals surface area contributed by atoms with E-state index >= 15 is 0 Å². The zero-order valence-corrected chi connectivity index (χ0v) is 13.1. The average Bonchev–Trinajstić information content (AvgIpc) is 2.99. The summed E-state index contributed by atoms with van der Waals surface area (Å²) >= 11 is 1.36. The Kier molecular flexibility index (Phi) is 4.22. The molecule has 3 rings (SSSR count). The number of nitrogens with one attached hydrogen (secondary N) is 1. The molecule has 0 unspecified atom stereocenters. The zero-order valence-electron chi connectivity index (χ0n) is 12.3. The Labute approximate surface area is 137 Å². The molecule has 0 radical (unpaired) electrons. The van der Waals surface area contributed by atoms with Crippen molar-refractivity contribution in [1.29, 1.82) is 5.26 Å². The number of hydrogen-bond acceptors (Lipinski definition) is 5. The number of thiazole rings is 1. The van der Waals surface area contributed by atoms with E-state index in [2.05, 4.69) is 10.3 Å². The molecule has 3 aromatic rings. The van der Waals surface area contributed by atoms with Gasteiger partial charge in [0.05, 0.1) is 23.4 Å². The molecule has 0 spiro atoms. The lowest BCUT2D eigenvalue weighted by Gasteiger charge is -2.09. The number of carbonyl (C=O) groups excluding carboxylic acids is 1. The molecule has 0 bridgehead atoms. The summed E-state index contributed by atoms with van der Waals surface area (Å²) in [5.74, 6) is -0.713. The van der Waals surface area contributed by atoms with Crippen LogP contribution in [0.3, 0.4) is 0 Å². The second-order valence-corrected chi connectivity index (χ2v) is 5.87. The fourth-order valence-corrected chi connectivity index (χ4v) is 3.17. The van der Waals surface area contributed by atoms with Crippen LogP contribution in [0.15, 0.2) is 48.5 Å². The average molecular weight is 323 g/mol. The number of para-hydroxylation sites is 1. The number of methoxy groups -OCH3 is 1. The minimum atomic E-state index is -0.946. The Balaban J connectivity index is 1.85. The molecule has 0 saturated heterocycles. The fraction of sp³-hybridized carbons (Fsp3) is 0.118. The van der Waals surface area contributed by atoms with Crippen LogP contribution in [0.25, 0.3) is 10.2 Å². The minimum absolute atomic E-state index is 0.403. The maximum absolute atomic E-state index is 12.4. The SMILES string of the molecule is COc1cccc(NC(=O)[C@H](C#N)c2nc3ccccc3s2)c1. The molecule has 0 aliphatic rings. The van der Waals surface area contributed by atoms with Gasteiger partial charge in [-0.1, -0.05) is 18.2 Å². The van der Waals surface area contributed by atoms with Gasteiger partial charge in [-0.2, -0.15) is 5.26 Å². The van der Waals surface area contributed by atoms with E-state index in [-0.39, 0.29) is 0 Å². The van der Waals surface area contributed by atoms with Gasteiger partial charge in [0.2, 0.25) is 5.91 Å². The van der Waals surface area contributed by atoms with Gasteiger partial charge in [0.1, 0.15) is 10.8 Å². The highest BCUT2D eigenvalue weighted by Gasteiger charge is 2.24. The van der Waals surface area contributed by atoms with E-state index in [4.69, 9.17) is 4.74 Å². The summed E-state index contributed by atoms with van der Waals surface area (Å²) < 4.78 is 6.08. The second-order valence-electron chi connectivity index (χ2n) is 4.80. The van der Waals surface area contributed by atoms with Crippen LogP contribution in [0.4, 0.5) is 5.69 Å². The van der Waals surface area contributed by atoms with E-state index < -0.39 is 11.8 Å². The van der Waals surface area contributed by atoms with E-state index in [0.717, 1.165) is 10.2 Å². The predicted molar refractivity (Wildman–Crippen MR) is 89.6 cm³/mol. The number of anilines is 1. The minimum Gasteiger partial charge on any atom is -0.497 e. The lowest BCUT2D eigenvalue weighted by atomic mass is 10.1. The number of amides is 1. The molecule has 0 aliphatic carbocycles. The Morgan fingerprint density at radius 3 is 2.87 bits per heavy atom. The van der Waals surface area contributed by atoms with E-state index in [1.165, 1.54) is 11.3 Å². The van der Waals surface area contributed by atoms with Gasteiger partial charge < -0.3 is 10.1 Å². The van der Waals surface area contributed by atoms with Crippen molar-refractivity contribution in [3.05, 3.63) is 53.5 Å². The lowest BCUT2D eigenvalue weighted by molar-refractivity contribution is -0.116. The number of ether oxygens (including phenoxy) is 1. The molecule has 1 atom stereocenters. The van der Waals surface area contributed by atoms with Crippen LogP contribution >= 0.6 is 11.3 Å². The van der Waals surface area contributed by atoms with Gasteiger partial charge >= 0.3 is 0 Å². The third-order valence-corrected chi connectivity index (χ3v) is 4.39. The molecular formula is C17H13N3O2S. The standard InChI is InChI=1S/C17H13N3O2S/c1-22-12-6-4-5-11(9-12)19-16(21)13(10-18)17-20-14-7-2-3-8-15(14)23-17/h2-9,13H,1H3,(H,19,21)/t13-/m0/s1. The van der Waals surface area contributed by atoms with Crippen LogP contribution in [0.5, 0.6) is 5.75 Å². The summed E-state index contributed by atoms with van der Waals surface area (Å²) in [6.45, 7) is 0. The monoisotopic (exact) mass is 323 g/mol. The Bertz CT molecular complexity index is 865. The van der Waals surface area contributed by atoms with Gasteiger partial charge in [0.15, 0.2) is 5.92 Å². The summed E-state index contributed by atoms with van der Waals surface area (Å²) in [7, 11) is 1.56. The van der Waals surface area contributed by atoms with Gasteiger partial charge in [0, 0.05) is 11.8 Å². The van der Waals surface area contributed by atoms with Crippen LogP contribution in [0, 0.1) is 11.3 Å². The van der Waals surface area contributed by atoms with Crippen molar-refractivity contribution in [3.63, 3.8) is 0 Å². The third kappa shape index (κ3) is 3.15. The molecule has 5 nitrogen and oxygen atoms in total. The lowest BCUT2D eigenvalue weighted by Crippen LogP contribution is -2.19. The first-order valence-electron chi connectivity index (χ1n) is 6.91. The van der Waals surface area contributed by atoms with Crippen LogP contribution in [0.1, 0.15) is 10.9 Å². The molecule has 0 saturated carbocycles. The number of fused-ring (bicyclic) bond motifs is 1. The number of benzene rings is 2. The van der Waals surface area contributed by atoms with Crippen molar-refractivity contribution < 1.29 is 9.53 Å². The van der Waals surface area contributed by atoms with Crippen molar-refractivity contribution in [1.82, 2.24) is 4.98 Å². The van der Waals surface area contributed by atoms with Gasteiger partial charge in [-0.3, -0.25) is 4.79 Å². The summed E-state index contributed by atoms with van der Waals surface area (Å²) in [6, 6.07) is 16.6. The number of nitrogens with zero attached hydrogens (tertiary/aromatic N) is 2. The van der Waals surface area contributed by atoms with Gasteiger partial charge in [-0.25, -0.2) is 4.98 Å². The number of rotatable bonds is 4. The normalized spacial score (nSPS) is 11.7. The molecule has 1 heterocycles. The molecule has 114 valence electrons. The smallest absolute Gasteiger partial charge is 0.248 e. The van der Waals surface area contributed by atoms with Crippen LogP contribution in [0.2, 0.25) is 0 Å². The molecule has 6 heteroatoms. The summed E-state index contributed by atoms with van der Waals surface area (Å²) in [6.07, 6.45) is 0. The van der Waals surface area contributed by atoms with Crippen molar-refractivity contribution in [2.24, 2.45) is 0 Å². The predicted octanol–water partition coefficient (Wildman–Crippen LogP) is 3.55. The second kappa shape index (κ2) is 6.46. The number of carbonyl (C=O) groups is 1. The van der Waals surface area contributed by atoms with Gasteiger partial charge in [-0.05, 0) is 24.3 Å². The van der Waals surface area contributed by atoms with Crippen LogP contribution in [-0.2, 0) is 4.79 Å². The Morgan fingerprint density at radius 1 is 1.30 bits per heavy atom. The zero-order chi connectivity index (χ0) is 16.2. The fourth-order valence-electron chi connectivity index (χ4n) is 2.15. The van der Waals surface area contributed by atoms with E-state index in [0.29, 0.717) is 16.4 Å². The van der Waals surface area contributed by atoms with E-state index in [9.17, 15) is 10.1 Å². The molecule has 2 aromatic carbocycles. The van der Waals surface area contributed by atoms with Crippen molar-refractivity contribution >= 4 is 33.1 Å². The topological polar surface area (TPSA) is 75.0 Å². The molecule has 23 heavy (non-hydrogen) atoms. The maximum Gasteiger partial charge on any atom is 0.248 e. The molecule has 1 amide bonds. The van der Waals surface area contributed by atoms with Crippen molar-refractivity contribution in [2.45, 2.75) is 5.92 Å². The van der Waals surface area contributed by atoms with Crippen LogP contribution < -0.4 is 10.1 Å². The maximum atomic E-state index is 12.4. The number of hydrogen-bond donors (Lipinski definition) is 1. The summed E-state index contributed by atoms with van der Waals surface area (Å²) in [5, 5.41) is 12.6. The Hall–Kier alpha value is -2.91. The van der Waals surface area contributed by atoms with Crippen LogP contribution in [-0.4, -0.2) is 18.0 Å².